The van der Waals surface area contributed by atoms with Crippen molar-refractivity contribution in [3.05, 3.63) is 18.2 Å². The van der Waals surface area contributed by atoms with E-state index in [0.29, 0.717) is 12.0 Å². The van der Waals surface area contributed by atoms with Crippen molar-refractivity contribution < 1.29 is 5.11 Å². The Morgan fingerprint density at radius 1 is 1.44 bits per heavy atom. The van der Waals surface area contributed by atoms with Gasteiger partial charge < -0.3 is 15.0 Å². The molecule has 2 N–H and O–H groups in total. The van der Waals surface area contributed by atoms with E-state index < -0.39 is 0 Å². The van der Waals surface area contributed by atoms with E-state index >= 15 is 0 Å². The molecule has 0 saturated carbocycles. The van der Waals surface area contributed by atoms with E-state index in [1.165, 1.54) is 5.69 Å². The van der Waals surface area contributed by atoms with Gasteiger partial charge in [0, 0.05) is 25.4 Å². The van der Waals surface area contributed by atoms with Crippen LogP contribution in [-0.4, -0.2) is 27.8 Å². The van der Waals surface area contributed by atoms with Gasteiger partial charge in [0.1, 0.15) is 0 Å². The zero-order chi connectivity index (χ0) is 12.0. The van der Waals surface area contributed by atoms with Crippen LogP contribution in [0.25, 0.3) is 0 Å². The molecule has 1 atom stereocenters. The van der Waals surface area contributed by atoms with E-state index in [2.05, 4.69) is 35.6 Å². The third-order valence-electron chi connectivity index (χ3n) is 2.72. The van der Waals surface area contributed by atoms with Crippen LogP contribution in [0.1, 0.15) is 38.9 Å². The number of nitrogens with zero attached hydrogens (tertiary/aromatic N) is 2. The van der Waals surface area contributed by atoms with E-state index in [-0.39, 0.29) is 6.61 Å². The number of aliphatic hydroxyl groups is 1. The Hall–Kier alpha value is -0.870. The number of imidazole rings is 1. The summed E-state index contributed by atoms with van der Waals surface area (Å²) >= 11 is 0. The molecule has 1 heterocycles. The lowest BCUT2D eigenvalue weighted by molar-refractivity contribution is 0.260. The van der Waals surface area contributed by atoms with Gasteiger partial charge in [0.25, 0.3) is 0 Å². The van der Waals surface area contributed by atoms with Crippen LogP contribution in [0.2, 0.25) is 0 Å². The second kappa shape index (κ2) is 6.66. The molecule has 4 nitrogen and oxygen atoms in total. The summed E-state index contributed by atoms with van der Waals surface area (Å²) in [4.78, 5) is 4.16. The molecule has 4 heteroatoms. The van der Waals surface area contributed by atoms with Crippen LogP contribution in [0.3, 0.4) is 0 Å². The number of nitrogens with one attached hydrogen (secondary N) is 1. The number of aliphatic hydroxyl groups excluding tert-OH is 1. The molecule has 0 aliphatic carbocycles. The molecule has 0 bridgehead atoms. The van der Waals surface area contributed by atoms with Crippen LogP contribution >= 0.6 is 0 Å². The summed E-state index contributed by atoms with van der Waals surface area (Å²) in [6.07, 6.45) is 4.64. The van der Waals surface area contributed by atoms with Gasteiger partial charge in [-0.05, 0) is 32.7 Å². The summed E-state index contributed by atoms with van der Waals surface area (Å²) in [6.45, 7) is 8.49. The van der Waals surface area contributed by atoms with Crippen molar-refractivity contribution >= 4 is 0 Å². The fraction of sp³-hybridized carbons (Fsp3) is 0.750. The Kier molecular flexibility index (Phi) is 5.49. The first-order chi connectivity index (χ1) is 7.65. The summed E-state index contributed by atoms with van der Waals surface area (Å²) in [5, 5.41) is 12.2. The number of hydrogen-bond acceptors (Lipinski definition) is 3. The lowest BCUT2D eigenvalue weighted by Gasteiger charge is -2.14. The topological polar surface area (TPSA) is 50.1 Å². The van der Waals surface area contributed by atoms with Crippen LogP contribution < -0.4 is 5.32 Å². The molecule has 0 aliphatic rings. The minimum atomic E-state index is 0.271. The molecular formula is C12H23N3O. The molecule has 0 saturated heterocycles. The Balaban J connectivity index is 2.34. The maximum absolute atomic E-state index is 8.79. The van der Waals surface area contributed by atoms with Crippen LogP contribution in [0, 0.1) is 5.92 Å². The van der Waals surface area contributed by atoms with Gasteiger partial charge in [0.15, 0.2) is 0 Å². The van der Waals surface area contributed by atoms with Gasteiger partial charge >= 0.3 is 0 Å². The highest BCUT2D eigenvalue weighted by Crippen LogP contribution is 2.08. The van der Waals surface area contributed by atoms with Gasteiger partial charge in [0.2, 0.25) is 0 Å². The predicted octanol–water partition coefficient (Wildman–Crippen LogP) is 1.57. The first-order valence-electron chi connectivity index (χ1n) is 5.97. The van der Waals surface area contributed by atoms with Crippen molar-refractivity contribution in [2.24, 2.45) is 5.92 Å². The highest BCUT2D eigenvalue weighted by molar-refractivity contribution is 4.99. The molecule has 1 unspecified atom stereocenters. The monoisotopic (exact) mass is 225 g/mol. The fourth-order valence-corrected chi connectivity index (χ4v) is 1.70. The largest absolute Gasteiger partial charge is 0.396 e. The van der Waals surface area contributed by atoms with Crippen LogP contribution in [0.4, 0.5) is 0 Å². The van der Waals surface area contributed by atoms with E-state index in [1.54, 1.807) is 0 Å². The smallest absolute Gasteiger partial charge is 0.0951 e. The second-order valence-corrected chi connectivity index (χ2v) is 4.63. The van der Waals surface area contributed by atoms with Gasteiger partial charge in [-0.1, -0.05) is 6.92 Å². The first kappa shape index (κ1) is 13.2. The van der Waals surface area contributed by atoms with E-state index in [4.69, 9.17) is 5.11 Å². The Labute approximate surface area is 97.7 Å². The summed E-state index contributed by atoms with van der Waals surface area (Å²) in [5.74, 6) is 0.514. The molecule has 1 rings (SSSR count). The van der Waals surface area contributed by atoms with E-state index in [1.807, 2.05) is 12.5 Å². The SMILES string of the molecule is CC(CCO)CNCc1cncn1C(C)C. The molecule has 16 heavy (non-hydrogen) atoms. The van der Waals surface area contributed by atoms with Crippen molar-refractivity contribution in [1.82, 2.24) is 14.9 Å². The van der Waals surface area contributed by atoms with Crippen molar-refractivity contribution in [2.45, 2.75) is 39.8 Å². The highest BCUT2D eigenvalue weighted by Gasteiger charge is 2.05. The maximum atomic E-state index is 8.79. The quantitative estimate of drug-likeness (QED) is 0.740. The Bertz CT molecular complexity index is 296. The average molecular weight is 225 g/mol. The Morgan fingerprint density at radius 3 is 2.81 bits per heavy atom. The van der Waals surface area contributed by atoms with Gasteiger partial charge in [-0.15, -0.1) is 0 Å². The number of rotatable bonds is 7. The van der Waals surface area contributed by atoms with Gasteiger partial charge in [-0.2, -0.15) is 0 Å². The highest BCUT2D eigenvalue weighted by atomic mass is 16.3. The van der Waals surface area contributed by atoms with Crippen molar-refractivity contribution in [3.8, 4) is 0 Å². The summed E-state index contributed by atoms with van der Waals surface area (Å²) in [6, 6.07) is 0.453. The van der Waals surface area contributed by atoms with Gasteiger partial charge in [0.05, 0.1) is 12.0 Å². The van der Waals surface area contributed by atoms with E-state index in [9.17, 15) is 0 Å². The van der Waals surface area contributed by atoms with Crippen LogP contribution in [0.15, 0.2) is 12.5 Å². The maximum Gasteiger partial charge on any atom is 0.0951 e. The lowest BCUT2D eigenvalue weighted by Crippen LogP contribution is -2.23. The summed E-state index contributed by atoms with van der Waals surface area (Å²) in [5.41, 5.74) is 1.21. The fourth-order valence-electron chi connectivity index (χ4n) is 1.70. The third kappa shape index (κ3) is 3.94. The minimum absolute atomic E-state index is 0.271. The molecule has 0 amide bonds. The molecule has 0 aliphatic heterocycles. The zero-order valence-electron chi connectivity index (χ0n) is 10.5. The second-order valence-electron chi connectivity index (χ2n) is 4.63. The minimum Gasteiger partial charge on any atom is -0.396 e. The molecule has 1 aromatic heterocycles. The van der Waals surface area contributed by atoms with Crippen molar-refractivity contribution in [2.75, 3.05) is 13.2 Å². The predicted molar refractivity (Wildman–Crippen MR) is 65.2 cm³/mol. The standard InChI is InChI=1S/C12H23N3O/c1-10(2)15-9-14-8-12(15)7-13-6-11(3)4-5-16/h8-11,13,16H,4-7H2,1-3H3. The number of hydrogen-bond donors (Lipinski definition) is 2. The first-order valence-corrected chi connectivity index (χ1v) is 5.97. The molecule has 0 fully saturated rings. The van der Waals surface area contributed by atoms with Gasteiger partial charge in [-0.25, -0.2) is 4.98 Å². The van der Waals surface area contributed by atoms with Crippen molar-refractivity contribution in [3.63, 3.8) is 0 Å². The van der Waals surface area contributed by atoms with Gasteiger partial charge in [-0.3, -0.25) is 0 Å². The number of aromatic nitrogens is 2. The molecule has 92 valence electrons. The molecular weight excluding hydrogens is 202 g/mol. The van der Waals surface area contributed by atoms with Crippen LogP contribution in [-0.2, 0) is 6.54 Å². The van der Waals surface area contributed by atoms with E-state index in [0.717, 1.165) is 19.5 Å². The van der Waals surface area contributed by atoms with Crippen LogP contribution in [0.5, 0.6) is 0 Å². The zero-order valence-corrected chi connectivity index (χ0v) is 10.5. The summed E-state index contributed by atoms with van der Waals surface area (Å²) < 4.78 is 2.17. The molecule has 0 spiro atoms. The lowest BCUT2D eigenvalue weighted by atomic mass is 10.1. The molecule has 0 aromatic carbocycles. The van der Waals surface area contributed by atoms with Crippen molar-refractivity contribution in [1.29, 1.82) is 0 Å². The normalized spacial score (nSPS) is 13.3. The summed E-state index contributed by atoms with van der Waals surface area (Å²) in [7, 11) is 0. The molecule has 0 radical (unpaired) electrons. The Morgan fingerprint density at radius 2 is 2.19 bits per heavy atom. The average Bonchev–Trinajstić information content (AvgIpc) is 2.66. The third-order valence-corrected chi connectivity index (χ3v) is 2.72. The molecule has 1 aromatic rings.